The number of rotatable bonds is 6. The molecule has 0 radical (unpaired) electrons. The van der Waals surface area contributed by atoms with E-state index < -0.39 is 0 Å². The Morgan fingerprint density at radius 3 is 2.64 bits per heavy atom. The molecule has 1 amide bonds. The molecule has 132 valence electrons. The number of nitrogens with zero attached hydrogens (tertiary/aromatic N) is 4. The van der Waals surface area contributed by atoms with E-state index in [0.717, 1.165) is 37.9 Å². The zero-order valence-electron chi connectivity index (χ0n) is 14.5. The molecule has 0 saturated carbocycles. The van der Waals surface area contributed by atoms with Crippen molar-refractivity contribution in [3.63, 3.8) is 0 Å². The van der Waals surface area contributed by atoms with E-state index in [0.29, 0.717) is 5.75 Å². The largest absolute Gasteiger partial charge is 0.339 e. The number of thioether (sulfide) groups is 1. The first-order chi connectivity index (χ1) is 12.2. The first-order valence-electron chi connectivity index (χ1n) is 8.54. The summed E-state index contributed by atoms with van der Waals surface area (Å²) in [6, 6.07) is 10.3. The minimum Gasteiger partial charge on any atom is -0.339 e. The second kappa shape index (κ2) is 8.87. The summed E-state index contributed by atoms with van der Waals surface area (Å²) in [6.07, 6.45) is 8.01. The van der Waals surface area contributed by atoms with Crippen LogP contribution in [0, 0.1) is 0 Å². The summed E-state index contributed by atoms with van der Waals surface area (Å²) in [4.78, 5) is 20.9. The van der Waals surface area contributed by atoms with Crippen LogP contribution in [0.2, 0.25) is 0 Å². The molecule has 25 heavy (non-hydrogen) atoms. The number of amides is 1. The number of imidazole rings is 1. The maximum absolute atomic E-state index is 12.3. The van der Waals surface area contributed by atoms with Crippen LogP contribution < -0.4 is 0 Å². The van der Waals surface area contributed by atoms with E-state index in [4.69, 9.17) is 0 Å². The molecule has 0 unspecified atom stereocenters. The predicted molar refractivity (Wildman–Crippen MR) is 102 cm³/mol. The molecule has 1 aromatic heterocycles. The molecule has 1 aromatic carbocycles. The lowest BCUT2D eigenvalue weighted by Gasteiger charge is -2.34. The summed E-state index contributed by atoms with van der Waals surface area (Å²) in [7, 11) is 1.95. The molecule has 0 atom stereocenters. The van der Waals surface area contributed by atoms with Gasteiger partial charge in [-0.25, -0.2) is 4.98 Å². The van der Waals surface area contributed by atoms with E-state index in [9.17, 15) is 4.79 Å². The quantitative estimate of drug-likeness (QED) is 0.745. The summed E-state index contributed by atoms with van der Waals surface area (Å²) >= 11 is 1.50. The standard InChI is InChI=1S/C19H24N4OS/c1-21-11-9-20-19(21)25-16-18(24)23-14-12-22(13-15-23)10-5-8-17-6-3-2-4-7-17/h2-9,11H,10,12-16H2,1H3/b8-5+. The molecular formula is C19H24N4OS. The van der Waals surface area contributed by atoms with E-state index in [1.54, 1.807) is 6.20 Å². The van der Waals surface area contributed by atoms with Crippen molar-refractivity contribution in [3.8, 4) is 0 Å². The highest BCUT2D eigenvalue weighted by Gasteiger charge is 2.20. The van der Waals surface area contributed by atoms with Gasteiger partial charge in [0.05, 0.1) is 5.75 Å². The van der Waals surface area contributed by atoms with Gasteiger partial charge in [-0.3, -0.25) is 9.69 Å². The summed E-state index contributed by atoms with van der Waals surface area (Å²) < 4.78 is 1.94. The van der Waals surface area contributed by atoms with Crippen LogP contribution in [0.5, 0.6) is 0 Å². The number of piperazine rings is 1. The number of benzene rings is 1. The molecule has 0 bridgehead atoms. The average Bonchev–Trinajstić information content (AvgIpc) is 3.06. The van der Waals surface area contributed by atoms with Gasteiger partial charge in [0, 0.05) is 52.2 Å². The SMILES string of the molecule is Cn1ccnc1SCC(=O)N1CCN(C/C=C/c2ccccc2)CC1. The van der Waals surface area contributed by atoms with Crippen molar-refractivity contribution in [1.29, 1.82) is 0 Å². The minimum absolute atomic E-state index is 0.201. The summed E-state index contributed by atoms with van der Waals surface area (Å²) in [5.74, 6) is 0.658. The first kappa shape index (κ1) is 17.8. The van der Waals surface area contributed by atoms with Gasteiger partial charge in [-0.2, -0.15) is 0 Å². The molecule has 3 rings (SSSR count). The molecule has 6 heteroatoms. The lowest BCUT2D eigenvalue weighted by atomic mass is 10.2. The van der Waals surface area contributed by atoms with Gasteiger partial charge in [0.2, 0.25) is 5.91 Å². The van der Waals surface area contributed by atoms with Crippen LogP contribution >= 0.6 is 11.8 Å². The highest BCUT2D eigenvalue weighted by atomic mass is 32.2. The third kappa shape index (κ3) is 5.21. The zero-order chi connectivity index (χ0) is 17.5. The Labute approximate surface area is 153 Å². The molecule has 0 spiro atoms. The summed E-state index contributed by atoms with van der Waals surface area (Å²) in [5.41, 5.74) is 1.22. The second-order valence-electron chi connectivity index (χ2n) is 6.10. The van der Waals surface area contributed by atoms with Crippen LogP contribution in [0.1, 0.15) is 5.56 Å². The Balaban J connectivity index is 1.38. The van der Waals surface area contributed by atoms with E-state index in [2.05, 4.69) is 34.2 Å². The number of hydrogen-bond donors (Lipinski definition) is 0. The Morgan fingerprint density at radius 1 is 1.20 bits per heavy atom. The fraction of sp³-hybridized carbons (Fsp3) is 0.368. The topological polar surface area (TPSA) is 41.4 Å². The number of hydrogen-bond acceptors (Lipinski definition) is 4. The maximum Gasteiger partial charge on any atom is 0.233 e. The molecule has 1 saturated heterocycles. The molecule has 1 aliphatic heterocycles. The van der Waals surface area contributed by atoms with Crippen molar-refractivity contribution in [2.24, 2.45) is 7.05 Å². The van der Waals surface area contributed by atoms with Gasteiger partial charge >= 0.3 is 0 Å². The number of carbonyl (C=O) groups is 1. The van der Waals surface area contributed by atoms with Crippen LogP contribution in [-0.4, -0.2) is 63.7 Å². The Bertz CT molecular complexity index is 705. The number of aromatic nitrogens is 2. The monoisotopic (exact) mass is 356 g/mol. The van der Waals surface area contributed by atoms with Crippen LogP contribution in [0.25, 0.3) is 6.08 Å². The van der Waals surface area contributed by atoms with Gasteiger partial charge in [-0.15, -0.1) is 0 Å². The Kier molecular flexibility index (Phi) is 6.30. The van der Waals surface area contributed by atoms with E-state index in [-0.39, 0.29) is 5.91 Å². The van der Waals surface area contributed by atoms with Crippen LogP contribution in [-0.2, 0) is 11.8 Å². The van der Waals surface area contributed by atoms with Crippen molar-refractivity contribution >= 4 is 23.7 Å². The van der Waals surface area contributed by atoms with Crippen molar-refractivity contribution in [3.05, 3.63) is 54.4 Å². The van der Waals surface area contributed by atoms with Crippen LogP contribution in [0.3, 0.4) is 0 Å². The van der Waals surface area contributed by atoms with Crippen LogP contribution in [0.15, 0.2) is 54.0 Å². The molecule has 1 aliphatic rings. The van der Waals surface area contributed by atoms with Crippen molar-refractivity contribution in [2.45, 2.75) is 5.16 Å². The zero-order valence-corrected chi connectivity index (χ0v) is 15.4. The first-order valence-corrected chi connectivity index (χ1v) is 9.53. The fourth-order valence-corrected chi connectivity index (χ4v) is 3.63. The van der Waals surface area contributed by atoms with Gasteiger partial charge in [0.25, 0.3) is 0 Å². The summed E-state index contributed by atoms with van der Waals surface area (Å²) in [6.45, 7) is 4.40. The lowest BCUT2D eigenvalue weighted by Crippen LogP contribution is -2.49. The second-order valence-corrected chi connectivity index (χ2v) is 7.05. The normalized spacial score (nSPS) is 15.8. The van der Waals surface area contributed by atoms with Gasteiger partial charge in [-0.1, -0.05) is 54.2 Å². The van der Waals surface area contributed by atoms with Gasteiger partial charge in [-0.05, 0) is 5.56 Å². The van der Waals surface area contributed by atoms with Crippen molar-refractivity contribution < 1.29 is 4.79 Å². The van der Waals surface area contributed by atoms with Crippen molar-refractivity contribution in [2.75, 3.05) is 38.5 Å². The fourth-order valence-electron chi connectivity index (χ4n) is 2.79. The van der Waals surface area contributed by atoms with E-state index >= 15 is 0 Å². The number of aryl methyl sites for hydroxylation is 1. The third-order valence-corrected chi connectivity index (χ3v) is 5.34. The molecule has 0 aliphatic carbocycles. The van der Waals surface area contributed by atoms with Crippen molar-refractivity contribution in [1.82, 2.24) is 19.4 Å². The molecule has 0 N–H and O–H groups in total. The average molecular weight is 356 g/mol. The third-order valence-electron chi connectivity index (χ3n) is 4.30. The highest BCUT2D eigenvalue weighted by molar-refractivity contribution is 7.99. The lowest BCUT2D eigenvalue weighted by molar-refractivity contribution is -0.130. The van der Waals surface area contributed by atoms with Gasteiger partial charge in [0.1, 0.15) is 0 Å². The minimum atomic E-state index is 0.201. The summed E-state index contributed by atoms with van der Waals surface area (Å²) in [5, 5.41) is 0.887. The Morgan fingerprint density at radius 2 is 1.96 bits per heavy atom. The molecular weight excluding hydrogens is 332 g/mol. The smallest absolute Gasteiger partial charge is 0.233 e. The van der Waals surface area contributed by atoms with E-state index in [1.807, 2.05) is 40.9 Å². The van der Waals surface area contributed by atoms with E-state index in [1.165, 1.54) is 17.3 Å². The Hall–Kier alpha value is -2.05. The molecule has 2 aromatic rings. The maximum atomic E-state index is 12.3. The highest BCUT2D eigenvalue weighted by Crippen LogP contribution is 2.15. The van der Waals surface area contributed by atoms with Gasteiger partial charge < -0.3 is 9.47 Å². The molecule has 5 nitrogen and oxygen atoms in total. The number of carbonyl (C=O) groups excluding carboxylic acids is 1. The van der Waals surface area contributed by atoms with Crippen LogP contribution in [0.4, 0.5) is 0 Å². The molecule has 1 fully saturated rings. The predicted octanol–water partition coefficient (Wildman–Crippen LogP) is 2.37. The molecule has 2 heterocycles. The van der Waals surface area contributed by atoms with Gasteiger partial charge in [0.15, 0.2) is 5.16 Å².